The molecule has 3 heteroatoms. The van der Waals surface area contributed by atoms with E-state index in [1.807, 2.05) is 13.8 Å². The van der Waals surface area contributed by atoms with Gasteiger partial charge < -0.3 is 14.5 Å². The molecular formula is C15H25NO2. The van der Waals surface area contributed by atoms with Crippen molar-refractivity contribution >= 4 is 0 Å². The lowest BCUT2D eigenvalue weighted by molar-refractivity contribution is -0.00843. The third-order valence-corrected chi connectivity index (χ3v) is 3.62. The Morgan fingerprint density at radius 2 is 2.22 bits per heavy atom. The summed E-state index contributed by atoms with van der Waals surface area (Å²) in [6.07, 6.45) is 5.04. The van der Waals surface area contributed by atoms with Gasteiger partial charge in [0.25, 0.3) is 0 Å². The molecule has 0 amide bonds. The molecule has 1 aromatic rings. The number of rotatable bonds is 5. The summed E-state index contributed by atoms with van der Waals surface area (Å²) in [6.45, 7) is 8.17. The van der Waals surface area contributed by atoms with Gasteiger partial charge in [0.15, 0.2) is 0 Å². The molecule has 18 heavy (non-hydrogen) atoms. The Labute approximate surface area is 110 Å². The van der Waals surface area contributed by atoms with Gasteiger partial charge in [-0.25, -0.2) is 0 Å². The molecule has 1 aliphatic rings. The fraction of sp³-hybridized carbons (Fsp3) is 0.733. The van der Waals surface area contributed by atoms with Crippen molar-refractivity contribution in [3.8, 4) is 0 Å². The summed E-state index contributed by atoms with van der Waals surface area (Å²) in [5, 5.41) is 3.62. The molecule has 0 aliphatic carbocycles. The molecule has 2 atom stereocenters. The molecule has 102 valence electrons. The Kier molecular flexibility index (Phi) is 4.84. The summed E-state index contributed by atoms with van der Waals surface area (Å²) < 4.78 is 11.6. The van der Waals surface area contributed by atoms with Gasteiger partial charge in [0.1, 0.15) is 11.5 Å². The van der Waals surface area contributed by atoms with Crippen molar-refractivity contribution in [3.05, 3.63) is 23.2 Å². The molecule has 2 unspecified atom stereocenters. The third-order valence-electron chi connectivity index (χ3n) is 3.62. The first kappa shape index (κ1) is 13.6. The predicted molar refractivity (Wildman–Crippen MR) is 72.8 cm³/mol. The second-order valence-corrected chi connectivity index (χ2v) is 5.21. The Hall–Kier alpha value is -0.800. The van der Waals surface area contributed by atoms with E-state index in [4.69, 9.17) is 9.15 Å². The fourth-order valence-corrected chi connectivity index (χ4v) is 2.73. The maximum Gasteiger partial charge on any atom is 0.105 e. The fourth-order valence-electron chi connectivity index (χ4n) is 2.73. The van der Waals surface area contributed by atoms with Crippen LogP contribution in [-0.2, 0) is 4.74 Å². The van der Waals surface area contributed by atoms with Crippen LogP contribution >= 0.6 is 0 Å². The molecule has 3 nitrogen and oxygen atoms in total. The zero-order chi connectivity index (χ0) is 13.0. The SMILES string of the molecule is CCCNC(c1cc(C)oc1C)C1CCCCO1. The molecule has 1 saturated heterocycles. The zero-order valence-corrected chi connectivity index (χ0v) is 11.8. The van der Waals surface area contributed by atoms with E-state index >= 15 is 0 Å². The standard InChI is InChI=1S/C15H25NO2/c1-4-8-16-15(14-7-5-6-9-17-14)13-10-11(2)18-12(13)3/h10,14-16H,4-9H2,1-3H3. The van der Waals surface area contributed by atoms with E-state index in [0.717, 1.165) is 37.5 Å². The second kappa shape index (κ2) is 6.39. The quantitative estimate of drug-likeness (QED) is 0.869. The number of furan rings is 1. The molecule has 1 aliphatic heterocycles. The van der Waals surface area contributed by atoms with Gasteiger partial charge in [0.2, 0.25) is 0 Å². The maximum atomic E-state index is 5.95. The lowest BCUT2D eigenvalue weighted by atomic mass is 9.95. The summed E-state index contributed by atoms with van der Waals surface area (Å²) in [7, 11) is 0. The predicted octanol–water partition coefficient (Wildman–Crippen LogP) is 3.51. The summed E-state index contributed by atoms with van der Waals surface area (Å²) in [4.78, 5) is 0. The van der Waals surface area contributed by atoms with Crippen molar-refractivity contribution in [1.29, 1.82) is 0 Å². The van der Waals surface area contributed by atoms with Crippen molar-refractivity contribution in [1.82, 2.24) is 5.32 Å². The van der Waals surface area contributed by atoms with Gasteiger partial charge in [-0.1, -0.05) is 6.92 Å². The van der Waals surface area contributed by atoms with Gasteiger partial charge in [-0.3, -0.25) is 0 Å². The van der Waals surface area contributed by atoms with Crippen LogP contribution in [0.25, 0.3) is 0 Å². The molecule has 0 bridgehead atoms. The van der Waals surface area contributed by atoms with Gasteiger partial charge in [-0.05, 0) is 52.1 Å². The molecule has 1 aromatic heterocycles. The molecule has 1 N–H and O–H groups in total. The summed E-state index contributed by atoms with van der Waals surface area (Å²) in [6, 6.07) is 2.43. The summed E-state index contributed by atoms with van der Waals surface area (Å²) in [5.74, 6) is 2.01. The van der Waals surface area contributed by atoms with Crippen LogP contribution in [0.15, 0.2) is 10.5 Å². The van der Waals surface area contributed by atoms with Crippen molar-refractivity contribution in [2.45, 2.75) is 58.6 Å². The molecule has 0 radical (unpaired) electrons. The van der Waals surface area contributed by atoms with Crippen LogP contribution < -0.4 is 5.32 Å². The lowest BCUT2D eigenvalue weighted by Gasteiger charge is -2.31. The lowest BCUT2D eigenvalue weighted by Crippen LogP contribution is -2.36. The normalized spacial score (nSPS) is 22.1. The van der Waals surface area contributed by atoms with Gasteiger partial charge in [-0.15, -0.1) is 0 Å². The highest BCUT2D eigenvalue weighted by Crippen LogP contribution is 2.30. The van der Waals surface area contributed by atoms with Crippen molar-refractivity contribution in [2.24, 2.45) is 0 Å². The van der Waals surface area contributed by atoms with Crippen LogP contribution in [0.2, 0.25) is 0 Å². The highest BCUT2D eigenvalue weighted by molar-refractivity contribution is 5.25. The first-order valence-corrected chi connectivity index (χ1v) is 7.14. The molecule has 1 fully saturated rings. The number of aryl methyl sites for hydroxylation is 2. The maximum absolute atomic E-state index is 5.95. The third kappa shape index (κ3) is 3.15. The van der Waals surface area contributed by atoms with Crippen LogP contribution in [0, 0.1) is 13.8 Å². The molecule has 0 aromatic carbocycles. The Balaban J connectivity index is 2.15. The van der Waals surface area contributed by atoms with Gasteiger partial charge in [-0.2, -0.15) is 0 Å². The van der Waals surface area contributed by atoms with Gasteiger partial charge in [0, 0.05) is 12.2 Å². The largest absolute Gasteiger partial charge is 0.466 e. The van der Waals surface area contributed by atoms with E-state index in [1.54, 1.807) is 0 Å². The van der Waals surface area contributed by atoms with E-state index in [-0.39, 0.29) is 6.04 Å². The van der Waals surface area contributed by atoms with E-state index in [9.17, 15) is 0 Å². The molecule has 2 rings (SSSR count). The minimum Gasteiger partial charge on any atom is -0.466 e. The number of ether oxygens (including phenoxy) is 1. The highest BCUT2D eigenvalue weighted by atomic mass is 16.5. The number of hydrogen-bond donors (Lipinski definition) is 1. The average molecular weight is 251 g/mol. The minimum atomic E-state index is 0.280. The highest BCUT2D eigenvalue weighted by Gasteiger charge is 2.28. The molecular weight excluding hydrogens is 226 g/mol. The monoisotopic (exact) mass is 251 g/mol. The zero-order valence-electron chi connectivity index (χ0n) is 11.8. The van der Waals surface area contributed by atoms with E-state index in [0.29, 0.717) is 6.10 Å². The molecule has 0 saturated carbocycles. The minimum absolute atomic E-state index is 0.280. The van der Waals surface area contributed by atoms with Crippen molar-refractivity contribution in [3.63, 3.8) is 0 Å². The Bertz CT molecular complexity index is 367. The van der Waals surface area contributed by atoms with Gasteiger partial charge >= 0.3 is 0 Å². The van der Waals surface area contributed by atoms with Crippen LogP contribution in [0.1, 0.15) is 55.7 Å². The van der Waals surface area contributed by atoms with Crippen LogP contribution in [0.3, 0.4) is 0 Å². The first-order valence-electron chi connectivity index (χ1n) is 7.14. The summed E-state index contributed by atoms with van der Waals surface area (Å²) >= 11 is 0. The van der Waals surface area contributed by atoms with Crippen molar-refractivity contribution < 1.29 is 9.15 Å². The van der Waals surface area contributed by atoms with E-state index in [1.165, 1.54) is 18.4 Å². The van der Waals surface area contributed by atoms with Gasteiger partial charge in [0.05, 0.1) is 12.1 Å². The topological polar surface area (TPSA) is 34.4 Å². The van der Waals surface area contributed by atoms with Crippen molar-refractivity contribution in [2.75, 3.05) is 13.2 Å². The Morgan fingerprint density at radius 3 is 2.78 bits per heavy atom. The second-order valence-electron chi connectivity index (χ2n) is 5.21. The first-order chi connectivity index (χ1) is 8.72. The number of nitrogens with one attached hydrogen (secondary N) is 1. The summed E-state index contributed by atoms with van der Waals surface area (Å²) in [5.41, 5.74) is 1.27. The number of hydrogen-bond acceptors (Lipinski definition) is 3. The van der Waals surface area contributed by atoms with E-state index in [2.05, 4.69) is 18.3 Å². The Morgan fingerprint density at radius 1 is 1.39 bits per heavy atom. The van der Waals surface area contributed by atoms with Crippen LogP contribution in [0.4, 0.5) is 0 Å². The van der Waals surface area contributed by atoms with E-state index < -0.39 is 0 Å². The smallest absolute Gasteiger partial charge is 0.105 e. The molecule has 0 spiro atoms. The average Bonchev–Trinajstić information content (AvgIpc) is 2.70. The van der Waals surface area contributed by atoms with Crippen LogP contribution in [-0.4, -0.2) is 19.3 Å². The van der Waals surface area contributed by atoms with Crippen LogP contribution in [0.5, 0.6) is 0 Å². The molecule has 2 heterocycles.